The number of cyclic esters (lactones) is 1. The van der Waals surface area contributed by atoms with Crippen LogP contribution in [0.25, 0.3) is 11.3 Å². The van der Waals surface area contributed by atoms with Crippen molar-refractivity contribution in [3.63, 3.8) is 0 Å². The van der Waals surface area contributed by atoms with Crippen molar-refractivity contribution in [1.29, 1.82) is 0 Å². The second-order valence-corrected chi connectivity index (χ2v) is 9.28. The number of nitrogens with zero attached hydrogens (tertiary/aromatic N) is 3. The number of ether oxygens (including phenoxy) is 1. The SMILES string of the molecule is CC(c1ccc(-c2ccc(=O)n(C)n2)cc1)N1CCC(CC(C)(C)O)OC1=O.Fc1ccccc1. The normalized spacial score (nSPS) is 16.7. The molecule has 2 heterocycles. The molecule has 7 nitrogen and oxygen atoms in total. The molecular weight excluding hydrogens is 449 g/mol. The molecule has 8 heteroatoms. The summed E-state index contributed by atoms with van der Waals surface area (Å²) in [6.07, 6.45) is 0.522. The first-order chi connectivity index (χ1) is 16.5. The molecule has 1 fully saturated rings. The van der Waals surface area contributed by atoms with Crippen molar-refractivity contribution in [2.75, 3.05) is 6.54 Å². The Bertz CT molecular complexity index is 1170. The fourth-order valence-corrected chi connectivity index (χ4v) is 3.88. The van der Waals surface area contributed by atoms with Gasteiger partial charge in [0.2, 0.25) is 0 Å². The lowest BCUT2D eigenvalue weighted by Gasteiger charge is -2.37. The van der Waals surface area contributed by atoms with Gasteiger partial charge in [-0.05, 0) is 44.5 Å². The summed E-state index contributed by atoms with van der Waals surface area (Å²) in [6, 6.07) is 18.8. The van der Waals surface area contributed by atoms with E-state index in [-0.39, 0.29) is 29.6 Å². The number of aromatic nitrogens is 2. The van der Waals surface area contributed by atoms with Crippen LogP contribution in [-0.2, 0) is 11.8 Å². The minimum absolute atomic E-state index is 0.127. The second-order valence-electron chi connectivity index (χ2n) is 9.28. The van der Waals surface area contributed by atoms with Crippen molar-refractivity contribution in [1.82, 2.24) is 14.7 Å². The topological polar surface area (TPSA) is 84.7 Å². The maximum absolute atomic E-state index is 12.4. The fourth-order valence-electron chi connectivity index (χ4n) is 3.88. The third-order valence-electron chi connectivity index (χ3n) is 5.77. The van der Waals surface area contributed by atoms with Gasteiger partial charge in [-0.15, -0.1) is 0 Å². The lowest BCUT2D eigenvalue weighted by molar-refractivity contribution is -0.0309. The molecule has 3 aromatic rings. The summed E-state index contributed by atoms with van der Waals surface area (Å²) in [5.74, 6) is -0.178. The number of benzene rings is 2. The fraction of sp³-hybridized carbons (Fsp3) is 0.370. The van der Waals surface area contributed by atoms with E-state index in [1.54, 1.807) is 50.1 Å². The zero-order chi connectivity index (χ0) is 25.6. The summed E-state index contributed by atoms with van der Waals surface area (Å²) >= 11 is 0. The van der Waals surface area contributed by atoms with Crippen LogP contribution in [-0.4, -0.2) is 44.1 Å². The molecular formula is C27H32FN3O4. The Hall–Kier alpha value is -3.52. The van der Waals surface area contributed by atoms with Crippen LogP contribution in [0.15, 0.2) is 71.5 Å². The maximum Gasteiger partial charge on any atom is 0.410 e. The van der Waals surface area contributed by atoms with Gasteiger partial charge in [-0.25, -0.2) is 13.9 Å². The molecule has 0 spiro atoms. The summed E-state index contributed by atoms with van der Waals surface area (Å²) in [5.41, 5.74) is 1.60. The monoisotopic (exact) mass is 481 g/mol. The van der Waals surface area contributed by atoms with Gasteiger partial charge in [0, 0.05) is 38.1 Å². The standard InChI is InChI=1S/C21H27N3O4.C6H5F/c1-14(24-12-11-17(28-20(24)26)13-21(2,3)27)15-5-7-16(8-6-15)18-9-10-19(25)23(4)22-18;7-6-4-2-1-3-5-6/h5-10,14,17,27H,11-13H2,1-4H3;1-5H. The predicted molar refractivity (Wildman–Crippen MR) is 132 cm³/mol. The zero-order valence-corrected chi connectivity index (χ0v) is 20.5. The molecule has 2 atom stereocenters. The van der Waals surface area contributed by atoms with Crippen LogP contribution in [0.2, 0.25) is 0 Å². The Morgan fingerprint density at radius 2 is 1.74 bits per heavy atom. The molecule has 0 radical (unpaired) electrons. The van der Waals surface area contributed by atoms with Crippen molar-refractivity contribution in [2.45, 2.75) is 51.4 Å². The number of halogens is 1. The first-order valence-electron chi connectivity index (χ1n) is 11.6. The summed E-state index contributed by atoms with van der Waals surface area (Å²) in [6.45, 7) is 6.00. The quantitative estimate of drug-likeness (QED) is 0.571. The highest BCUT2D eigenvalue weighted by Gasteiger charge is 2.33. The molecule has 186 valence electrons. The van der Waals surface area contributed by atoms with Gasteiger partial charge >= 0.3 is 6.09 Å². The summed E-state index contributed by atoms with van der Waals surface area (Å²) in [5, 5.41) is 14.2. The Balaban J connectivity index is 0.000000420. The van der Waals surface area contributed by atoms with E-state index in [1.165, 1.54) is 22.9 Å². The van der Waals surface area contributed by atoms with Gasteiger partial charge in [-0.2, -0.15) is 5.10 Å². The molecule has 1 aliphatic heterocycles. The maximum atomic E-state index is 12.4. The number of aryl methyl sites for hydroxylation is 1. The molecule has 0 bridgehead atoms. The molecule has 1 saturated heterocycles. The minimum Gasteiger partial charge on any atom is -0.446 e. The molecule has 0 aliphatic carbocycles. The Morgan fingerprint density at radius 1 is 1.09 bits per heavy atom. The van der Waals surface area contributed by atoms with Crippen molar-refractivity contribution in [3.8, 4) is 11.3 Å². The summed E-state index contributed by atoms with van der Waals surface area (Å²) in [4.78, 5) is 25.6. The molecule has 1 aromatic heterocycles. The summed E-state index contributed by atoms with van der Waals surface area (Å²) in [7, 11) is 1.62. The van der Waals surface area contributed by atoms with Crippen molar-refractivity contribution in [3.05, 3.63) is 88.5 Å². The summed E-state index contributed by atoms with van der Waals surface area (Å²) < 4.78 is 18.7. The number of carbonyl (C=O) groups is 1. The molecule has 0 saturated carbocycles. The average Bonchev–Trinajstić information content (AvgIpc) is 2.81. The van der Waals surface area contributed by atoms with Gasteiger partial charge in [-0.3, -0.25) is 4.79 Å². The van der Waals surface area contributed by atoms with E-state index in [0.29, 0.717) is 25.1 Å². The van der Waals surface area contributed by atoms with E-state index in [9.17, 15) is 19.1 Å². The third-order valence-corrected chi connectivity index (χ3v) is 5.77. The van der Waals surface area contributed by atoms with Gasteiger partial charge < -0.3 is 14.7 Å². The van der Waals surface area contributed by atoms with Crippen LogP contribution in [0.5, 0.6) is 0 Å². The smallest absolute Gasteiger partial charge is 0.410 e. The van der Waals surface area contributed by atoms with E-state index in [4.69, 9.17) is 4.74 Å². The number of hydrogen-bond acceptors (Lipinski definition) is 5. The molecule has 2 aromatic carbocycles. The van der Waals surface area contributed by atoms with Gasteiger partial charge in [-0.1, -0.05) is 42.5 Å². The molecule has 2 unspecified atom stereocenters. The Kier molecular flexibility index (Phi) is 8.40. The predicted octanol–water partition coefficient (Wildman–Crippen LogP) is 4.71. The molecule has 35 heavy (non-hydrogen) atoms. The highest BCUT2D eigenvalue weighted by molar-refractivity contribution is 5.69. The lowest BCUT2D eigenvalue weighted by atomic mass is 9.97. The zero-order valence-electron chi connectivity index (χ0n) is 20.5. The van der Waals surface area contributed by atoms with Gasteiger partial charge in [0.25, 0.3) is 5.56 Å². The van der Waals surface area contributed by atoms with E-state index in [0.717, 1.165) is 11.1 Å². The van der Waals surface area contributed by atoms with Crippen LogP contribution in [0.1, 0.15) is 45.2 Å². The van der Waals surface area contributed by atoms with Gasteiger partial charge in [0.1, 0.15) is 11.9 Å². The molecule has 1 aliphatic rings. The van der Waals surface area contributed by atoms with Gasteiger partial charge in [0.15, 0.2) is 0 Å². The number of rotatable bonds is 5. The number of hydrogen-bond donors (Lipinski definition) is 1. The molecule has 4 rings (SSSR count). The van der Waals surface area contributed by atoms with Crippen LogP contribution in [0.3, 0.4) is 0 Å². The van der Waals surface area contributed by atoms with Crippen molar-refractivity contribution in [2.24, 2.45) is 7.05 Å². The number of aliphatic hydroxyl groups is 1. The van der Waals surface area contributed by atoms with Crippen LogP contribution in [0.4, 0.5) is 9.18 Å². The first-order valence-corrected chi connectivity index (χ1v) is 11.6. The molecule has 1 amide bonds. The first kappa shape index (κ1) is 26.1. The second kappa shape index (κ2) is 11.3. The van der Waals surface area contributed by atoms with E-state index < -0.39 is 5.60 Å². The lowest BCUT2D eigenvalue weighted by Crippen LogP contribution is -2.45. The van der Waals surface area contributed by atoms with Crippen LogP contribution in [0, 0.1) is 5.82 Å². The van der Waals surface area contributed by atoms with Crippen molar-refractivity contribution >= 4 is 6.09 Å². The Labute approximate surface area is 204 Å². The number of amides is 1. The van der Waals surface area contributed by atoms with Crippen LogP contribution >= 0.6 is 0 Å². The van der Waals surface area contributed by atoms with E-state index in [1.807, 2.05) is 31.2 Å². The van der Waals surface area contributed by atoms with Gasteiger partial charge in [0.05, 0.1) is 17.3 Å². The number of carbonyl (C=O) groups excluding carboxylic acids is 1. The van der Waals surface area contributed by atoms with Crippen molar-refractivity contribution < 1.29 is 19.0 Å². The van der Waals surface area contributed by atoms with E-state index >= 15 is 0 Å². The van der Waals surface area contributed by atoms with E-state index in [2.05, 4.69) is 5.10 Å². The Morgan fingerprint density at radius 3 is 2.26 bits per heavy atom. The highest BCUT2D eigenvalue weighted by atomic mass is 19.1. The minimum atomic E-state index is -0.858. The highest BCUT2D eigenvalue weighted by Crippen LogP contribution is 2.29. The average molecular weight is 482 g/mol. The van der Waals surface area contributed by atoms with Crippen LogP contribution < -0.4 is 5.56 Å². The largest absolute Gasteiger partial charge is 0.446 e. The molecule has 1 N–H and O–H groups in total. The third kappa shape index (κ3) is 7.48.